The fourth-order valence-electron chi connectivity index (χ4n) is 5.76. The molecule has 0 bridgehead atoms. The number of rotatable bonds is 7. The van der Waals surface area contributed by atoms with Crippen LogP contribution in [0.15, 0.2) is 24.3 Å². The molecule has 0 unspecified atom stereocenters. The molecule has 3 N–H and O–H groups in total. The third-order valence-electron chi connectivity index (χ3n) is 7.99. The number of carbonyl (C=O) groups excluding carboxylic acids is 3. The van der Waals surface area contributed by atoms with E-state index in [0.29, 0.717) is 25.0 Å². The van der Waals surface area contributed by atoms with Crippen molar-refractivity contribution in [2.45, 2.75) is 75.7 Å². The monoisotopic (exact) mass is 556 g/mol. The highest BCUT2D eigenvalue weighted by Crippen LogP contribution is 2.46. The van der Waals surface area contributed by atoms with E-state index in [-0.39, 0.29) is 29.9 Å². The topological polar surface area (TPSA) is 128 Å². The number of fused-ring (bicyclic) bond motifs is 2. The van der Waals surface area contributed by atoms with Crippen molar-refractivity contribution >= 4 is 35.6 Å². The third kappa shape index (κ3) is 5.72. The predicted molar refractivity (Wildman–Crippen MR) is 147 cm³/mol. The van der Waals surface area contributed by atoms with Gasteiger partial charge in [-0.1, -0.05) is 44.0 Å². The van der Waals surface area contributed by atoms with Gasteiger partial charge in [0.15, 0.2) is 0 Å². The summed E-state index contributed by atoms with van der Waals surface area (Å²) in [6, 6.07) is 4.84. The quantitative estimate of drug-likeness (QED) is 0.438. The lowest BCUT2D eigenvalue weighted by atomic mass is 9.83. The Hall–Kier alpha value is -3.23. The number of likely N-dealkylation sites (N-methyl/N-ethyl adjacent to an activating group) is 1. The zero-order chi connectivity index (χ0) is 28.5. The SMILES string of the molecule is C#CCO[C@@H]1Cc2ccccc2[C@@H]1NC(=O)[C@H]1N2C(=O)[C@@H](NC(=O)[C@H](C)N(C)C(=O)O)CCS[C@H]2CC1(C)C. The number of carbonyl (C=O) groups is 4. The summed E-state index contributed by atoms with van der Waals surface area (Å²) in [4.78, 5) is 54.5. The summed E-state index contributed by atoms with van der Waals surface area (Å²) in [5.41, 5.74) is 1.53. The van der Waals surface area contributed by atoms with E-state index in [1.54, 1.807) is 16.7 Å². The number of thioether (sulfide) groups is 1. The maximum atomic E-state index is 14.0. The van der Waals surface area contributed by atoms with Crippen LogP contribution in [0.2, 0.25) is 0 Å². The molecule has 0 spiro atoms. The van der Waals surface area contributed by atoms with Crippen molar-refractivity contribution in [3.05, 3.63) is 35.4 Å². The molecule has 1 aromatic rings. The predicted octanol–water partition coefficient (Wildman–Crippen LogP) is 1.99. The molecule has 2 aliphatic heterocycles. The summed E-state index contributed by atoms with van der Waals surface area (Å²) in [6.07, 6.45) is 5.49. The molecule has 2 saturated heterocycles. The maximum Gasteiger partial charge on any atom is 0.407 e. The molecule has 6 atom stereocenters. The molecule has 2 heterocycles. The van der Waals surface area contributed by atoms with Crippen molar-refractivity contribution < 1.29 is 29.0 Å². The summed E-state index contributed by atoms with van der Waals surface area (Å²) in [5, 5.41) is 14.9. The van der Waals surface area contributed by atoms with Gasteiger partial charge in [-0.05, 0) is 42.1 Å². The van der Waals surface area contributed by atoms with Crippen LogP contribution in [0.4, 0.5) is 4.79 Å². The van der Waals surface area contributed by atoms with E-state index in [2.05, 4.69) is 16.6 Å². The third-order valence-corrected chi connectivity index (χ3v) is 9.24. The lowest BCUT2D eigenvalue weighted by Crippen LogP contribution is -2.58. The molecule has 4 rings (SSSR count). The number of hydrogen-bond acceptors (Lipinski definition) is 6. The number of carboxylic acid groups (broad SMARTS) is 1. The van der Waals surface area contributed by atoms with Crippen molar-refractivity contribution in [1.29, 1.82) is 0 Å². The first-order valence-corrected chi connectivity index (χ1v) is 14.1. The second-order valence-electron chi connectivity index (χ2n) is 11.0. The summed E-state index contributed by atoms with van der Waals surface area (Å²) in [6.45, 7) is 5.55. The van der Waals surface area contributed by atoms with Gasteiger partial charge < -0.3 is 25.4 Å². The number of nitrogens with zero attached hydrogens (tertiary/aromatic N) is 2. The van der Waals surface area contributed by atoms with E-state index in [1.165, 1.54) is 14.0 Å². The van der Waals surface area contributed by atoms with E-state index in [9.17, 15) is 24.3 Å². The molecular formula is C28H36N4O6S. The molecule has 1 aliphatic carbocycles. The van der Waals surface area contributed by atoms with Crippen molar-refractivity contribution in [1.82, 2.24) is 20.4 Å². The molecule has 2 fully saturated rings. The van der Waals surface area contributed by atoms with Crippen LogP contribution < -0.4 is 10.6 Å². The van der Waals surface area contributed by atoms with Crippen molar-refractivity contribution in [3.63, 3.8) is 0 Å². The van der Waals surface area contributed by atoms with Crippen LogP contribution in [-0.4, -0.2) is 87.7 Å². The van der Waals surface area contributed by atoms with Gasteiger partial charge in [0.2, 0.25) is 17.7 Å². The Morgan fingerprint density at radius 2 is 2.03 bits per heavy atom. The molecule has 0 saturated carbocycles. The lowest BCUT2D eigenvalue weighted by Gasteiger charge is -2.35. The Bertz CT molecular complexity index is 1180. The second-order valence-corrected chi connectivity index (χ2v) is 12.3. The number of ether oxygens (including phenoxy) is 1. The molecular weight excluding hydrogens is 520 g/mol. The standard InChI is InChI=1S/C28H36N4O6S/c1-6-12-38-20-14-17-9-7-8-10-18(17)22(20)30-25(34)23-28(3,4)15-21-32(23)26(35)19(11-13-39-21)29-24(33)16(2)31(5)27(36)37/h1,7-10,16,19-23H,11-15H2,2-5H3,(H,29,33)(H,30,34)(H,36,37)/t16-,19-,20+,21-,22-,23+/m0/s1. The fourth-order valence-corrected chi connectivity index (χ4v) is 7.33. The highest BCUT2D eigenvalue weighted by Gasteiger charge is 2.55. The number of amides is 4. The average Bonchev–Trinajstić information content (AvgIpc) is 3.33. The second kappa shape index (κ2) is 11.5. The minimum atomic E-state index is -1.24. The van der Waals surface area contributed by atoms with E-state index >= 15 is 0 Å². The first-order chi connectivity index (χ1) is 18.5. The Morgan fingerprint density at radius 1 is 1.31 bits per heavy atom. The largest absolute Gasteiger partial charge is 0.465 e. The molecule has 3 aliphatic rings. The van der Waals surface area contributed by atoms with Gasteiger partial charge in [-0.25, -0.2) is 4.79 Å². The molecule has 0 aromatic heterocycles. The molecule has 1 aromatic carbocycles. The highest BCUT2D eigenvalue weighted by atomic mass is 32.2. The van der Waals surface area contributed by atoms with E-state index in [4.69, 9.17) is 11.2 Å². The molecule has 4 amide bonds. The van der Waals surface area contributed by atoms with Gasteiger partial charge in [0.25, 0.3) is 0 Å². The zero-order valence-corrected chi connectivity index (χ0v) is 23.5. The molecule has 11 heteroatoms. The normalized spacial score (nSPS) is 27.9. The van der Waals surface area contributed by atoms with Crippen molar-refractivity contribution in [3.8, 4) is 12.3 Å². The van der Waals surface area contributed by atoms with Gasteiger partial charge in [-0.3, -0.25) is 19.3 Å². The van der Waals surface area contributed by atoms with Crippen molar-refractivity contribution in [2.75, 3.05) is 19.4 Å². The first-order valence-electron chi connectivity index (χ1n) is 13.1. The Labute approximate surface area is 233 Å². The Balaban J connectivity index is 1.56. The van der Waals surface area contributed by atoms with Crippen LogP contribution in [0.5, 0.6) is 0 Å². The Kier molecular flexibility index (Phi) is 8.47. The van der Waals surface area contributed by atoms with Gasteiger partial charge in [0.05, 0.1) is 17.5 Å². The number of benzene rings is 1. The maximum absolute atomic E-state index is 14.0. The number of hydrogen-bond donors (Lipinski definition) is 3. The van der Waals surface area contributed by atoms with E-state index in [0.717, 1.165) is 16.0 Å². The van der Waals surface area contributed by atoms with Crippen LogP contribution in [0.25, 0.3) is 0 Å². The summed E-state index contributed by atoms with van der Waals surface area (Å²) in [7, 11) is 1.30. The van der Waals surface area contributed by atoms with E-state index in [1.807, 2.05) is 38.1 Å². The van der Waals surface area contributed by atoms with Crippen LogP contribution in [0.3, 0.4) is 0 Å². The summed E-state index contributed by atoms with van der Waals surface area (Å²) >= 11 is 1.60. The first kappa shape index (κ1) is 28.8. The summed E-state index contributed by atoms with van der Waals surface area (Å²) in [5.74, 6) is 1.94. The summed E-state index contributed by atoms with van der Waals surface area (Å²) < 4.78 is 5.90. The smallest absolute Gasteiger partial charge is 0.407 e. The van der Waals surface area contributed by atoms with Gasteiger partial charge in [0.1, 0.15) is 24.7 Å². The molecule has 0 radical (unpaired) electrons. The van der Waals surface area contributed by atoms with Gasteiger partial charge >= 0.3 is 6.09 Å². The van der Waals surface area contributed by atoms with Crippen LogP contribution >= 0.6 is 11.8 Å². The minimum Gasteiger partial charge on any atom is -0.465 e. The van der Waals surface area contributed by atoms with Gasteiger partial charge in [0, 0.05) is 13.5 Å². The number of terminal acetylenes is 1. The Morgan fingerprint density at radius 3 is 2.72 bits per heavy atom. The molecule has 10 nitrogen and oxygen atoms in total. The van der Waals surface area contributed by atoms with Gasteiger partial charge in [-0.2, -0.15) is 0 Å². The molecule has 210 valence electrons. The van der Waals surface area contributed by atoms with Crippen LogP contribution in [-0.2, 0) is 25.5 Å². The van der Waals surface area contributed by atoms with Gasteiger partial charge in [-0.15, -0.1) is 18.2 Å². The number of nitrogens with one attached hydrogen (secondary N) is 2. The molecule has 39 heavy (non-hydrogen) atoms. The van der Waals surface area contributed by atoms with Crippen LogP contribution in [0.1, 0.15) is 50.8 Å². The fraction of sp³-hybridized carbons (Fsp3) is 0.571. The minimum absolute atomic E-state index is 0.125. The lowest BCUT2D eigenvalue weighted by molar-refractivity contribution is -0.144. The highest BCUT2D eigenvalue weighted by molar-refractivity contribution is 7.99. The zero-order valence-electron chi connectivity index (χ0n) is 22.7. The average molecular weight is 557 g/mol. The van der Waals surface area contributed by atoms with Crippen LogP contribution in [0, 0.1) is 17.8 Å². The van der Waals surface area contributed by atoms with Crippen molar-refractivity contribution in [2.24, 2.45) is 5.41 Å². The van der Waals surface area contributed by atoms with E-state index < -0.39 is 41.6 Å².